The summed E-state index contributed by atoms with van der Waals surface area (Å²) in [5, 5.41) is 8.33. The second-order valence-corrected chi connectivity index (χ2v) is 6.77. The monoisotopic (exact) mass is 284 g/mol. The third-order valence-corrected chi connectivity index (χ3v) is 4.94. The van der Waals surface area contributed by atoms with Gasteiger partial charge in [-0.25, -0.2) is 4.68 Å². The first-order valence-corrected chi connectivity index (χ1v) is 7.81. The highest BCUT2D eigenvalue weighted by atomic mass is 15.4. The molecule has 0 saturated heterocycles. The van der Waals surface area contributed by atoms with Gasteiger partial charge in [-0.15, -0.1) is 5.10 Å². The van der Waals surface area contributed by atoms with Crippen LogP contribution in [0.4, 0.5) is 0 Å². The van der Waals surface area contributed by atoms with Crippen LogP contribution in [0.25, 0.3) is 5.69 Å². The average Bonchev–Trinajstić information content (AvgIpc) is 2.96. The minimum atomic E-state index is -0.0180. The molecule has 1 aliphatic rings. The summed E-state index contributed by atoms with van der Waals surface area (Å²) in [6, 6.07) is 10.1. The van der Waals surface area contributed by atoms with E-state index < -0.39 is 0 Å². The summed E-state index contributed by atoms with van der Waals surface area (Å²) in [6.07, 6.45) is 6.84. The maximum atomic E-state index is 6.63. The molecule has 1 aromatic heterocycles. The van der Waals surface area contributed by atoms with Gasteiger partial charge in [0.1, 0.15) is 0 Å². The molecule has 4 heteroatoms. The predicted octanol–water partition coefficient (Wildman–Crippen LogP) is 3.48. The summed E-state index contributed by atoms with van der Waals surface area (Å²) in [6.45, 7) is 4.68. The molecular formula is C17H24N4. The van der Waals surface area contributed by atoms with Crippen molar-refractivity contribution in [2.75, 3.05) is 0 Å². The van der Waals surface area contributed by atoms with Crippen molar-refractivity contribution in [2.45, 2.75) is 45.6 Å². The molecule has 1 aliphatic carbocycles. The minimum absolute atomic E-state index is 0.0180. The van der Waals surface area contributed by atoms with E-state index in [0.29, 0.717) is 5.92 Å². The lowest BCUT2D eigenvalue weighted by molar-refractivity contribution is 0.110. The van der Waals surface area contributed by atoms with Crippen LogP contribution in [0.2, 0.25) is 0 Å². The molecule has 1 fully saturated rings. The summed E-state index contributed by atoms with van der Waals surface area (Å²) in [7, 11) is 0. The van der Waals surface area contributed by atoms with Gasteiger partial charge in [-0.1, -0.05) is 50.1 Å². The van der Waals surface area contributed by atoms with Gasteiger partial charge in [0.25, 0.3) is 0 Å². The lowest BCUT2D eigenvalue weighted by Crippen LogP contribution is -2.37. The van der Waals surface area contributed by atoms with Gasteiger partial charge in [0.2, 0.25) is 0 Å². The quantitative estimate of drug-likeness (QED) is 0.938. The van der Waals surface area contributed by atoms with E-state index in [-0.39, 0.29) is 11.5 Å². The fraction of sp³-hybridized carbons (Fsp3) is 0.529. The van der Waals surface area contributed by atoms with Gasteiger partial charge in [-0.2, -0.15) is 0 Å². The Hall–Kier alpha value is -1.68. The number of hydrogen-bond donors (Lipinski definition) is 1. The Bertz CT molecular complexity index is 588. The van der Waals surface area contributed by atoms with Crippen molar-refractivity contribution in [1.29, 1.82) is 0 Å². The standard InChI is InChI=1S/C17H24N4/c1-17(2)11-7-6-10-14(17)16(18)15-12-19-20-21(15)13-8-4-3-5-9-13/h3-5,8-9,12,14,16H,6-7,10-11,18H2,1-2H3. The predicted molar refractivity (Wildman–Crippen MR) is 84.0 cm³/mol. The number of nitrogens with two attached hydrogens (primary N) is 1. The third-order valence-electron chi connectivity index (χ3n) is 4.94. The number of aromatic nitrogens is 3. The highest BCUT2D eigenvalue weighted by Gasteiger charge is 2.38. The molecule has 112 valence electrons. The Morgan fingerprint density at radius 3 is 2.71 bits per heavy atom. The molecule has 0 aliphatic heterocycles. The SMILES string of the molecule is CC1(C)CCCCC1C(N)c1cnnn1-c1ccccc1. The van der Waals surface area contributed by atoms with Crippen LogP contribution in [-0.4, -0.2) is 15.0 Å². The molecule has 3 rings (SSSR count). The zero-order valence-electron chi connectivity index (χ0n) is 12.9. The lowest BCUT2D eigenvalue weighted by atomic mass is 9.65. The van der Waals surface area contributed by atoms with Crippen LogP contribution in [0.3, 0.4) is 0 Å². The van der Waals surface area contributed by atoms with Gasteiger partial charge in [0, 0.05) is 0 Å². The maximum Gasteiger partial charge on any atom is 0.0816 e. The molecule has 0 bridgehead atoms. The fourth-order valence-corrected chi connectivity index (χ4v) is 3.63. The van der Waals surface area contributed by atoms with E-state index in [0.717, 1.165) is 11.4 Å². The van der Waals surface area contributed by atoms with E-state index in [1.54, 1.807) is 0 Å². The summed E-state index contributed by atoms with van der Waals surface area (Å²) in [4.78, 5) is 0. The van der Waals surface area contributed by atoms with E-state index in [9.17, 15) is 0 Å². The van der Waals surface area contributed by atoms with Crippen molar-refractivity contribution in [1.82, 2.24) is 15.0 Å². The molecule has 21 heavy (non-hydrogen) atoms. The van der Waals surface area contributed by atoms with Crippen LogP contribution in [0.15, 0.2) is 36.5 Å². The first kappa shape index (κ1) is 14.3. The summed E-state index contributed by atoms with van der Waals surface area (Å²) in [5.41, 5.74) is 8.95. The van der Waals surface area contributed by atoms with E-state index >= 15 is 0 Å². The Kier molecular flexibility index (Phi) is 3.81. The smallest absolute Gasteiger partial charge is 0.0816 e. The molecule has 0 amide bonds. The summed E-state index contributed by atoms with van der Waals surface area (Å²) in [5.74, 6) is 0.479. The van der Waals surface area contributed by atoms with Gasteiger partial charge in [-0.3, -0.25) is 0 Å². The molecule has 1 aromatic carbocycles. The van der Waals surface area contributed by atoms with Crippen molar-refractivity contribution in [3.05, 3.63) is 42.2 Å². The van der Waals surface area contributed by atoms with Gasteiger partial charge in [0.15, 0.2) is 0 Å². The van der Waals surface area contributed by atoms with Crippen molar-refractivity contribution in [2.24, 2.45) is 17.1 Å². The second kappa shape index (κ2) is 5.60. The van der Waals surface area contributed by atoms with Crippen molar-refractivity contribution < 1.29 is 0 Å². The van der Waals surface area contributed by atoms with Crippen LogP contribution in [0.5, 0.6) is 0 Å². The second-order valence-electron chi connectivity index (χ2n) is 6.77. The van der Waals surface area contributed by atoms with Crippen molar-refractivity contribution in [3.63, 3.8) is 0 Å². The number of benzene rings is 1. The number of nitrogens with zero attached hydrogens (tertiary/aromatic N) is 3. The van der Waals surface area contributed by atoms with Crippen LogP contribution in [0.1, 0.15) is 51.3 Å². The molecule has 2 aromatic rings. The topological polar surface area (TPSA) is 56.7 Å². The molecule has 2 unspecified atom stereocenters. The molecule has 0 spiro atoms. The molecule has 2 atom stereocenters. The van der Waals surface area contributed by atoms with Gasteiger partial charge in [0.05, 0.1) is 23.6 Å². The Balaban J connectivity index is 1.92. The van der Waals surface area contributed by atoms with Gasteiger partial charge in [-0.05, 0) is 36.3 Å². The first-order valence-electron chi connectivity index (χ1n) is 7.81. The largest absolute Gasteiger partial charge is 0.322 e. The Morgan fingerprint density at radius 1 is 1.24 bits per heavy atom. The van der Waals surface area contributed by atoms with Gasteiger partial charge < -0.3 is 5.73 Å². The van der Waals surface area contributed by atoms with Crippen LogP contribution >= 0.6 is 0 Å². The molecule has 1 heterocycles. The number of rotatable bonds is 3. The Labute approximate surface area is 126 Å². The minimum Gasteiger partial charge on any atom is -0.322 e. The van der Waals surface area contributed by atoms with E-state index in [1.807, 2.05) is 41.2 Å². The summed E-state index contributed by atoms with van der Waals surface area (Å²) < 4.78 is 1.88. The zero-order valence-corrected chi connectivity index (χ0v) is 12.9. The molecule has 1 saturated carbocycles. The molecular weight excluding hydrogens is 260 g/mol. The van der Waals surface area contributed by atoms with Gasteiger partial charge >= 0.3 is 0 Å². The molecule has 2 N–H and O–H groups in total. The highest BCUT2D eigenvalue weighted by molar-refractivity contribution is 5.32. The third kappa shape index (κ3) is 2.72. The van der Waals surface area contributed by atoms with Crippen LogP contribution in [-0.2, 0) is 0 Å². The number of hydrogen-bond acceptors (Lipinski definition) is 3. The first-order chi connectivity index (χ1) is 10.1. The molecule has 0 radical (unpaired) electrons. The average molecular weight is 284 g/mol. The molecule has 4 nitrogen and oxygen atoms in total. The van der Waals surface area contributed by atoms with Crippen molar-refractivity contribution in [3.8, 4) is 5.69 Å². The van der Waals surface area contributed by atoms with E-state index in [2.05, 4.69) is 24.2 Å². The fourth-order valence-electron chi connectivity index (χ4n) is 3.63. The van der Waals surface area contributed by atoms with E-state index in [1.165, 1.54) is 25.7 Å². The van der Waals surface area contributed by atoms with E-state index in [4.69, 9.17) is 5.73 Å². The lowest BCUT2D eigenvalue weighted by Gasteiger charge is -2.41. The Morgan fingerprint density at radius 2 is 2.00 bits per heavy atom. The number of para-hydroxylation sites is 1. The zero-order chi connectivity index (χ0) is 14.9. The van der Waals surface area contributed by atoms with Crippen molar-refractivity contribution >= 4 is 0 Å². The van der Waals surface area contributed by atoms with Crippen LogP contribution in [0, 0.1) is 11.3 Å². The highest BCUT2D eigenvalue weighted by Crippen LogP contribution is 2.45. The normalized spacial score (nSPS) is 22.9. The maximum absolute atomic E-state index is 6.63. The van der Waals surface area contributed by atoms with Crippen LogP contribution < -0.4 is 5.73 Å². The summed E-state index contributed by atoms with van der Waals surface area (Å²) >= 11 is 0.